The molecule has 0 amide bonds. The highest BCUT2D eigenvalue weighted by molar-refractivity contribution is 6.20. The molecular formula is C24H15N9. The highest BCUT2D eigenvalue weighted by atomic mass is 15.0. The van der Waals surface area contributed by atoms with Crippen LogP contribution in [0.4, 0.5) is 0 Å². The summed E-state index contributed by atoms with van der Waals surface area (Å²) in [5, 5.41) is 0. The van der Waals surface area contributed by atoms with Gasteiger partial charge in [-0.05, 0) is 36.4 Å². The molecule has 156 valence electrons. The summed E-state index contributed by atoms with van der Waals surface area (Å²) in [7, 11) is 0. The molecule has 9 nitrogen and oxygen atoms in total. The van der Waals surface area contributed by atoms with E-state index in [-0.39, 0.29) is 0 Å². The second kappa shape index (κ2) is 6.79. The Morgan fingerprint density at radius 3 is 1.18 bits per heavy atom. The first-order chi connectivity index (χ1) is 16.3. The van der Waals surface area contributed by atoms with Crippen molar-refractivity contribution in [2.75, 3.05) is 0 Å². The van der Waals surface area contributed by atoms with Crippen LogP contribution < -0.4 is 0 Å². The average Bonchev–Trinajstić information content (AvgIpc) is 3.62. The number of pyridine rings is 3. The van der Waals surface area contributed by atoms with Crippen LogP contribution in [-0.4, -0.2) is 44.9 Å². The monoisotopic (exact) mass is 429 g/mol. The van der Waals surface area contributed by atoms with Crippen molar-refractivity contribution in [1.82, 2.24) is 44.9 Å². The standard InChI is InChI=1S/C24H15N9/c1-7-25-8-2-13(1)22-28-16-17(29-22)19-21(33-24(31-19)15-5-11-27-12-6-15)20-18(16)30-23(32-20)14-3-9-26-10-4-14/h1-12H,(H,28,29)(H,30,32)(H,31,33). The molecule has 6 aromatic heterocycles. The van der Waals surface area contributed by atoms with Crippen molar-refractivity contribution in [2.45, 2.75) is 0 Å². The fourth-order valence-corrected chi connectivity index (χ4v) is 4.12. The zero-order valence-corrected chi connectivity index (χ0v) is 17.1. The molecule has 0 atom stereocenters. The summed E-state index contributed by atoms with van der Waals surface area (Å²) < 4.78 is 0. The lowest BCUT2D eigenvalue weighted by Gasteiger charge is -1.94. The number of H-pyrrole nitrogens is 3. The number of hydrogen-bond donors (Lipinski definition) is 3. The van der Waals surface area contributed by atoms with Crippen LogP contribution in [0.5, 0.6) is 0 Å². The van der Waals surface area contributed by atoms with Gasteiger partial charge in [0.25, 0.3) is 0 Å². The van der Waals surface area contributed by atoms with Crippen molar-refractivity contribution in [3.8, 4) is 34.2 Å². The van der Waals surface area contributed by atoms with Crippen LogP contribution in [-0.2, 0) is 0 Å². The number of aromatic nitrogens is 9. The molecule has 33 heavy (non-hydrogen) atoms. The van der Waals surface area contributed by atoms with E-state index in [1.165, 1.54) is 0 Å². The van der Waals surface area contributed by atoms with E-state index in [1.54, 1.807) is 37.2 Å². The fourth-order valence-electron chi connectivity index (χ4n) is 4.12. The van der Waals surface area contributed by atoms with Gasteiger partial charge in [-0.15, -0.1) is 0 Å². The van der Waals surface area contributed by atoms with Crippen molar-refractivity contribution >= 4 is 33.1 Å². The maximum atomic E-state index is 4.93. The van der Waals surface area contributed by atoms with Crippen LogP contribution in [0.3, 0.4) is 0 Å². The lowest BCUT2D eigenvalue weighted by Crippen LogP contribution is -1.80. The van der Waals surface area contributed by atoms with Crippen LogP contribution in [0.1, 0.15) is 0 Å². The average molecular weight is 429 g/mol. The van der Waals surface area contributed by atoms with E-state index in [2.05, 4.69) is 29.9 Å². The SMILES string of the molecule is c1cc(-c2nc3c4nc(-c5ccncc5)[nH]c4c4[nH]c(-c5ccncc5)nc4c3[nH]2)ccn1. The topological polar surface area (TPSA) is 125 Å². The molecule has 0 fully saturated rings. The van der Waals surface area contributed by atoms with Gasteiger partial charge in [0.15, 0.2) is 0 Å². The lowest BCUT2D eigenvalue weighted by molar-refractivity contribution is 1.28. The molecule has 9 heteroatoms. The van der Waals surface area contributed by atoms with Gasteiger partial charge in [-0.2, -0.15) is 0 Å². The Bertz CT molecular complexity index is 1440. The van der Waals surface area contributed by atoms with E-state index in [4.69, 9.17) is 15.0 Å². The highest BCUT2D eigenvalue weighted by Gasteiger charge is 2.21. The predicted molar refractivity (Wildman–Crippen MR) is 125 cm³/mol. The molecule has 0 unspecified atom stereocenters. The number of benzene rings is 1. The summed E-state index contributed by atoms with van der Waals surface area (Å²) >= 11 is 0. The van der Waals surface area contributed by atoms with E-state index in [0.29, 0.717) is 0 Å². The molecular weight excluding hydrogens is 414 g/mol. The van der Waals surface area contributed by atoms with E-state index in [1.807, 2.05) is 36.4 Å². The third-order valence-corrected chi connectivity index (χ3v) is 5.68. The van der Waals surface area contributed by atoms with Crippen molar-refractivity contribution < 1.29 is 0 Å². The Labute approximate surface area is 186 Å². The summed E-state index contributed by atoms with van der Waals surface area (Å²) in [6.07, 6.45) is 10.5. The van der Waals surface area contributed by atoms with Gasteiger partial charge in [-0.1, -0.05) is 0 Å². The van der Waals surface area contributed by atoms with E-state index >= 15 is 0 Å². The van der Waals surface area contributed by atoms with Crippen LogP contribution in [0.25, 0.3) is 67.3 Å². The molecule has 0 aliphatic heterocycles. The van der Waals surface area contributed by atoms with Gasteiger partial charge in [0.05, 0.1) is 16.6 Å². The first kappa shape index (κ1) is 17.7. The molecule has 0 radical (unpaired) electrons. The number of imidazole rings is 3. The van der Waals surface area contributed by atoms with Crippen molar-refractivity contribution in [3.05, 3.63) is 73.6 Å². The first-order valence-corrected chi connectivity index (χ1v) is 10.4. The Morgan fingerprint density at radius 2 is 0.727 bits per heavy atom. The molecule has 7 aromatic rings. The molecule has 0 aliphatic rings. The van der Waals surface area contributed by atoms with Gasteiger partial charge in [0.1, 0.15) is 34.0 Å². The minimum absolute atomic E-state index is 0.739. The van der Waals surface area contributed by atoms with Crippen molar-refractivity contribution in [2.24, 2.45) is 0 Å². The molecule has 0 saturated carbocycles. The van der Waals surface area contributed by atoms with Crippen molar-refractivity contribution in [3.63, 3.8) is 0 Å². The molecule has 0 bridgehead atoms. The van der Waals surface area contributed by atoms with Gasteiger partial charge in [0, 0.05) is 53.9 Å². The van der Waals surface area contributed by atoms with Gasteiger partial charge in [-0.3, -0.25) is 15.0 Å². The maximum absolute atomic E-state index is 4.93. The van der Waals surface area contributed by atoms with Gasteiger partial charge in [-0.25, -0.2) is 15.0 Å². The number of nitrogens with one attached hydrogen (secondary N) is 3. The molecule has 0 spiro atoms. The van der Waals surface area contributed by atoms with Gasteiger partial charge >= 0.3 is 0 Å². The van der Waals surface area contributed by atoms with Crippen molar-refractivity contribution in [1.29, 1.82) is 0 Å². The first-order valence-electron chi connectivity index (χ1n) is 10.4. The molecule has 1 aromatic carbocycles. The Kier molecular flexibility index (Phi) is 3.65. The Morgan fingerprint density at radius 1 is 0.394 bits per heavy atom. The zero-order valence-electron chi connectivity index (χ0n) is 17.1. The van der Waals surface area contributed by atoms with Crippen LogP contribution >= 0.6 is 0 Å². The second-order valence-corrected chi connectivity index (χ2v) is 7.63. The number of nitrogens with zero attached hydrogens (tertiary/aromatic N) is 6. The van der Waals surface area contributed by atoms with Crippen LogP contribution in [0, 0.1) is 0 Å². The Balaban J connectivity index is 1.57. The summed E-state index contributed by atoms with van der Waals surface area (Å²) in [5.41, 5.74) is 7.70. The maximum Gasteiger partial charge on any atom is 0.138 e. The molecule has 7 rings (SSSR count). The third-order valence-electron chi connectivity index (χ3n) is 5.68. The van der Waals surface area contributed by atoms with E-state index < -0.39 is 0 Å². The largest absolute Gasteiger partial charge is 0.336 e. The van der Waals surface area contributed by atoms with E-state index in [9.17, 15) is 0 Å². The Hall–Kier alpha value is -4.92. The molecule has 6 heterocycles. The minimum Gasteiger partial charge on any atom is -0.336 e. The quantitative estimate of drug-likeness (QED) is 0.380. The smallest absolute Gasteiger partial charge is 0.138 e. The number of fused-ring (bicyclic) bond motifs is 6. The van der Waals surface area contributed by atoms with Gasteiger partial charge in [0.2, 0.25) is 0 Å². The van der Waals surface area contributed by atoms with E-state index in [0.717, 1.165) is 67.3 Å². The molecule has 3 N–H and O–H groups in total. The lowest BCUT2D eigenvalue weighted by atomic mass is 10.2. The fraction of sp³-hybridized carbons (Fsp3) is 0. The summed E-state index contributed by atoms with van der Waals surface area (Å²) in [6.45, 7) is 0. The number of aromatic amines is 3. The number of hydrogen-bond acceptors (Lipinski definition) is 6. The van der Waals surface area contributed by atoms with Crippen LogP contribution in [0.15, 0.2) is 73.6 Å². The summed E-state index contributed by atoms with van der Waals surface area (Å²) in [6, 6.07) is 11.6. The minimum atomic E-state index is 0.739. The number of rotatable bonds is 3. The summed E-state index contributed by atoms with van der Waals surface area (Å²) in [4.78, 5) is 37.5. The summed E-state index contributed by atoms with van der Waals surface area (Å²) in [5.74, 6) is 2.24. The molecule has 0 aliphatic carbocycles. The third kappa shape index (κ3) is 2.72. The molecule has 0 saturated heterocycles. The normalized spacial score (nSPS) is 11.6. The second-order valence-electron chi connectivity index (χ2n) is 7.63. The zero-order chi connectivity index (χ0) is 21.8. The van der Waals surface area contributed by atoms with Gasteiger partial charge < -0.3 is 15.0 Å². The van der Waals surface area contributed by atoms with Crippen LogP contribution in [0.2, 0.25) is 0 Å². The predicted octanol–water partition coefficient (Wildman–Crippen LogP) is 4.50. The highest BCUT2D eigenvalue weighted by Crippen LogP contribution is 2.35.